The predicted octanol–water partition coefficient (Wildman–Crippen LogP) is 5.72. The Bertz CT molecular complexity index is 1590. The smallest absolute Gasteiger partial charge is 0.264 e. The Balaban J connectivity index is 1.57. The maximum atomic E-state index is 13.7. The zero-order valence-corrected chi connectivity index (χ0v) is 24.0. The molecule has 0 heterocycles. The van der Waals surface area contributed by atoms with Crippen LogP contribution in [0.15, 0.2) is 108 Å². The summed E-state index contributed by atoms with van der Waals surface area (Å²) in [6.07, 6.45) is 0. The van der Waals surface area contributed by atoms with Crippen molar-refractivity contribution in [2.75, 3.05) is 22.8 Å². The first-order chi connectivity index (χ1) is 19.7. The van der Waals surface area contributed by atoms with Gasteiger partial charge in [0.2, 0.25) is 5.91 Å². The maximum Gasteiger partial charge on any atom is 0.264 e. The summed E-state index contributed by atoms with van der Waals surface area (Å²) in [6.45, 7) is 5.55. The Hall–Kier alpha value is -4.63. The molecule has 0 aliphatic rings. The van der Waals surface area contributed by atoms with Crippen molar-refractivity contribution in [3.63, 3.8) is 0 Å². The van der Waals surface area contributed by atoms with Gasteiger partial charge in [-0.15, -0.1) is 0 Å². The van der Waals surface area contributed by atoms with Crippen molar-refractivity contribution in [1.29, 1.82) is 0 Å². The van der Waals surface area contributed by atoms with E-state index >= 15 is 0 Å². The normalized spacial score (nSPS) is 11.8. The van der Waals surface area contributed by atoms with E-state index in [2.05, 4.69) is 10.6 Å². The van der Waals surface area contributed by atoms with Crippen LogP contribution in [0.4, 0.5) is 11.4 Å². The summed E-state index contributed by atoms with van der Waals surface area (Å²) in [5, 5.41) is 5.69. The van der Waals surface area contributed by atoms with E-state index in [0.29, 0.717) is 18.0 Å². The molecule has 0 radical (unpaired) electrons. The fourth-order valence-corrected chi connectivity index (χ4v) is 5.66. The Morgan fingerprint density at radius 2 is 1.49 bits per heavy atom. The molecule has 4 aromatic rings. The van der Waals surface area contributed by atoms with Crippen LogP contribution in [0, 0.1) is 6.92 Å². The van der Waals surface area contributed by atoms with Crippen molar-refractivity contribution >= 4 is 33.2 Å². The first-order valence-corrected chi connectivity index (χ1v) is 14.7. The monoisotopic (exact) mass is 571 g/mol. The lowest BCUT2D eigenvalue weighted by molar-refractivity contribution is -0.114. The summed E-state index contributed by atoms with van der Waals surface area (Å²) >= 11 is 0. The van der Waals surface area contributed by atoms with Gasteiger partial charge in [0.15, 0.2) is 0 Å². The highest BCUT2D eigenvalue weighted by Gasteiger charge is 2.28. The first-order valence-electron chi connectivity index (χ1n) is 13.3. The van der Waals surface area contributed by atoms with Crippen LogP contribution in [0.2, 0.25) is 0 Å². The third-order valence-electron chi connectivity index (χ3n) is 6.42. The average molecular weight is 572 g/mol. The maximum absolute atomic E-state index is 13.7. The number of carbonyl (C=O) groups is 2. The lowest BCUT2D eigenvalue weighted by Crippen LogP contribution is -2.38. The summed E-state index contributed by atoms with van der Waals surface area (Å²) in [5.41, 5.74) is 2.76. The Morgan fingerprint density at radius 3 is 2.15 bits per heavy atom. The van der Waals surface area contributed by atoms with Crippen LogP contribution < -0.4 is 19.7 Å². The SMILES string of the molecule is CCOc1ccc(S(=O)(=O)N(CC(=O)Nc2ccccc2C(=O)N[C@H](C)c2ccccc2)c2ccc(C)cc2)cc1. The summed E-state index contributed by atoms with van der Waals surface area (Å²) in [5.74, 6) is -0.423. The zero-order chi connectivity index (χ0) is 29.4. The molecule has 0 saturated carbocycles. The number of benzene rings is 4. The molecule has 212 valence electrons. The van der Waals surface area contributed by atoms with E-state index in [0.717, 1.165) is 15.4 Å². The van der Waals surface area contributed by atoms with E-state index in [9.17, 15) is 18.0 Å². The van der Waals surface area contributed by atoms with Crippen molar-refractivity contribution < 1.29 is 22.7 Å². The molecular formula is C32H33N3O5S. The number of sulfonamides is 1. The molecule has 2 N–H and O–H groups in total. The van der Waals surface area contributed by atoms with Gasteiger partial charge in [-0.2, -0.15) is 0 Å². The van der Waals surface area contributed by atoms with Crippen LogP contribution in [0.25, 0.3) is 0 Å². The second-order valence-corrected chi connectivity index (χ2v) is 11.3. The van der Waals surface area contributed by atoms with E-state index in [1.165, 1.54) is 12.1 Å². The van der Waals surface area contributed by atoms with E-state index in [1.54, 1.807) is 60.7 Å². The Kier molecular flexibility index (Phi) is 9.41. The van der Waals surface area contributed by atoms with Gasteiger partial charge in [-0.1, -0.05) is 60.2 Å². The van der Waals surface area contributed by atoms with Gasteiger partial charge >= 0.3 is 0 Å². The molecule has 1 atom stereocenters. The first kappa shape index (κ1) is 29.4. The van der Waals surface area contributed by atoms with Gasteiger partial charge in [0, 0.05) is 0 Å². The minimum Gasteiger partial charge on any atom is -0.494 e. The molecule has 2 amide bonds. The summed E-state index contributed by atoms with van der Waals surface area (Å²) in [4.78, 5) is 26.5. The van der Waals surface area contributed by atoms with Crippen LogP contribution in [0.3, 0.4) is 0 Å². The lowest BCUT2D eigenvalue weighted by Gasteiger charge is -2.24. The van der Waals surface area contributed by atoms with Gasteiger partial charge in [-0.25, -0.2) is 8.42 Å². The number of rotatable bonds is 11. The van der Waals surface area contributed by atoms with Crippen molar-refractivity contribution in [2.45, 2.75) is 31.7 Å². The fourth-order valence-electron chi connectivity index (χ4n) is 4.24. The molecule has 0 aliphatic heterocycles. The van der Waals surface area contributed by atoms with E-state index in [4.69, 9.17) is 4.74 Å². The zero-order valence-electron chi connectivity index (χ0n) is 23.2. The van der Waals surface area contributed by atoms with Gasteiger partial charge in [-0.3, -0.25) is 13.9 Å². The number of nitrogens with zero attached hydrogens (tertiary/aromatic N) is 1. The topological polar surface area (TPSA) is 105 Å². The summed E-state index contributed by atoms with van der Waals surface area (Å²) < 4.78 is 34.0. The van der Waals surface area contributed by atoms with Crippen molar-refractivity contribution in [2.24, 2.45) is 0 Å². The number of hydrogen-bond donors (Lipinski definition) is 2. The minimum absolute atomic E-state index is 0.0176. The molecule has 0 fully saturated rings. The molecule has 8 nitrogen and oxygen atoms in total. The van der Waals surface area contributed by atoms with Crippen LogP contribution in [-0.2, 0) is 14.8 Å². The van der Waals surface area contributed by atoms with Gasteiger partial charge < -0.3 is 15.4 Å². The second-order valence-electron chi connectivity index (χ2n) is 9.45. The van der Waals surface area contributed by atoms with Crippen LogP contribution in [0.1, 0.15) is 41.4 Å². The summed E-state index contributed by atoms with van der Waals surface area (Å²) in [6, 6.07) is 28.8. The van der Waals surface area contributed by atoms with Crippen LogP contribution in [0.5, 0.6) is 5.75 Å². The number of nitrogens with one attached hydrogen (secondary N) is 2. The highest BCUT2D eigenvalue weighted by Crippen LogP contribution is 2.26. The van der Waals surface area contributed by atoms with E-state index in [1.807, 2.05) is 51.1 Å². The number of para-hydroxylation sites is 1. The van der Waals surface area contributed by atoms with Crippen LogP contribution in [-0.4, -0.2) is 33.4 Å². The van der Waals surface area contributed by atoms with Crippen LogP contribution >= 0.6 is 0 Å². The van der Waals surface area contributed by atoms with Gasteiger partial charge in [0.25, 0.3) is 15.9 Å². The standard InChI is InChI=1S/C32H33N3O5S/c1-4-40-27-18-20-28(21-19-27)41(38,39)35(26-16-14-23(2)15-17-26)22-31(36)34-30-13-9-8-12-29(30)32(37)33-24(3)25-10-6-5-7-11-25/h5-21,24H,4,22H2,1-3H3,(H,33,37)(H,34,36)/t24-/m1/s1. The molecule has 4 rings (SSSR count). The number of hydrogen-bond acceptors (Lipinski definition) is 5. The quantitative estimate of drug-likeness (QED) is 0.240. The number of carbonyl (C=O) groups excluding carboxylic acids is 2. The highest BCUT2D eigenvalue weighted by molar-refractivity contribution is 7.92. The average Bonchev–Trinajstić information content (AvgIpc) is 2.97. The molecule has 41 heavy (non-hydrogen) atoms. The molecule has 0 bridgehead atoms. The number of ether oxygens (including phenoxy) is 1. The molecule has 4 aromatic carbocycles. The van der Waals surface area contributed by atoms with Gasteiger partial charge in [-0.05, 0) is 74.9 Å². The molecule has 0 aromatic heterocycles. The molecule has 0 aliphatic carbocycles. The molecule has 9 heteroatoms. The molecule has 0 saturated heterocycles. The Morgan fingerprint density at radius 1 is 0.854 bits per heavy atom. The van der Waals surface area contributed by atoms with Crippen molar-refractivity contribution in [3.8, 4) is 5.75 Å². The minimum atomic E-state index is -4.12. The molecular weight excluding hydrogens is 538 g/mol. The van der Waals surface area contributed by atoms with E-state index in [-0.39, 0.29) is 28.1 Å². The number of aryl methyl sites for hydroxylation is 1. The predicted molar refractivity (Wildman–Crippen MR) is 161 cm³/mol. The lowest BCUT2D eigenvalue weighted by atomic mass is 10.1. The number of anilines is 2. The third-order valence-corrected chi connectivity index (χ3v) is 8.21. The van der Waals surface area contributed by atoms with Crippen molar-refractivity contribution in [1.82, 2.24) is 5.32 Å². The summed E-state index contributed by atoms with van der Waals surface area (Å²) in [7, 11) is -4.12. The highest BCUT2D eigenvalue weighted by atomic mass is 32.2. The second kappa shape index (κ2) is 13.1. The van der Waals surface area contributed by atoms with Gasteiger partial charge in [0.1, 0.15) is 12.3 Å². The van der Waals surface area contributed by atoms with Gasteiger partial charge in [0.05, 0.1) is 34.5 Å². The molecule has 0 spiro atoms. The Labute approximate surface area is 241 Å². The van der Waals surface area contributed by atoms with E-state index < -0.39 is 22.5 Å². The molecule has 0 unspecified atom stereocenters. The largest absolute Gasteiger partial charge is 0.494 e. The third kappa shape index (κ3) is 7.32. The van der Waals surface area contributed by atoms with Crippen molar-refractivity contribution in [3.05, 3.63) is 120 Å². The number of amides is 2. The fraction of sp³-hybridized carbons (Fsp3) is 0.188.